The molecule has 1 aromatic carbocycles. The number of rotatable bonds is 6. The van der Waals surface area contributed by atoms with E-state index in [4.69, 9.17) is 4.52 Å². The Balaban J connectivity index is 1.22. The monoisotopic (exact) mass is 476 g/mol. The summed E-state index contributed by atoms with van der Waals surface area (Å²) in [6, 6.07) is 7.27. The normalized spacial score (nSPS) is 18.0. The average molecular weight is 477 g/mol. The van der Waals surface area contributed by atoms with Gasteiger partial charge in [0.25, 0.3) is 10.0 Å². The van der Waals surface area contributed by atoms with Crippen molar-refractivity contribution in [3.05, 3.63) is 47.4 Å². The first-order chi connectivity index (χ1) is 15.4. The zero-order valence-electron chi connectivity index (χ0n) is 17.0. The van der Waals surface area contributed by atoms with Crippen molar-refractivity contribution in [1.82, 2.24) is 14.4 Å². The molecule has 168 valence electrons. The van der Waals surface area contributed by atoms with Gasteiger partial charge >= 0.3 is 0 Å². The number of piperidine rings is 1. The number of nitrogens with one attached hydrogen (secondary N) is 1. The van der Waals surface area contributed by atoms with E-state index in [1.54, 1.807) is 17.5 Å². The molecule has 0 atom stereocenters. The number of nitrogens with zero attached hydrogens (tertiary/aromatic N) is 3. The number of anilines is 1. The second kappa shape index (κ2) is 8.38. The van der Waals surface area contributed by atoms with Crippen LogP contribution in [0.25, 0.3) is 11.4 Å². The SMILES string of the molecule is O=C(Nc1cccc(F)c1)C1CCN(S(=O)(=O)c2cc(-c3noc(C4CC4)n3)cs2)CC1. The highest BCUT2D eigenvalue weighted by Crippen LogP contribution is 2.40. The maximum Gasteiger partial charge on any atom is 0.252 e. The molecule has 0 radical (unpaired) electrons. The van der Waals surface area contributed by atoms with E-state index in [0.29, 0.717) is 41.7 Å². The minimum Gasteiger partial charge on any atom is -0.339 e. The van der Waals surface area contributed by atoms with E-state index in [1.165, 1.54) is 22.5 Å². The number of halogens is 1. The second-order valence-electron chi connectivity index (χ2n) is 8.06. The van der Waals surface area contributed by atoms with E-state index in [2.05, 4.69) is 15.5 Å². The molecule has 2 aliphatic rings. The van der Waals surface area contributed by atoms with Crippen LogP contribution in [0.3, 0.4) is 0 Å². The molecule has 11 heteroatoms. The lowest BCUT2D eigenvalue weighted by molar-refractivity contribution is -0.120. The van der Waals surface area contributed by atoms with Crippen LogP contribution in [-0.4, -0.2) is 41.9 Å². The minimum absolute atomic E-state index is 0.216. The summed E-state index contributed by atoms with van der Waals surface area (Å²) >= 11 is 1.12. The number of benzene rings is 1. The molecule has 0 unspecified atom stereocenters. The molecule has 1 aliphatic carbocycles. The molecule has 0 spiro atoms. The predicted octanol–water partition coefficient (Wildman–Crippen LogP) is 3.85. The summed E-state index contributed by atoms with van der Waals surface area (Å²) in [5, 5.41) is 8.39. The molecule has 3 heterocycles. The van der Waals surface area contributed by atoms with Crippen LogP contribution in [-0.2, 0) is 14.8 Å². The second-order valence-corrected chi connectivity index (χ2v) is 11.1. The number of hydrogen-bond donors (Lipinski definition) is 1. The number of hydrogen-bond acceptors (Lipinski definition) is 7. The van der Waals surface area contributed by atoms with E-state index in [9.17, 15) is 17.6 Å². The molecule has 5 rings (SSSR count). The van der Waals surface area contributed by atoms with Crippen LogP contribution >= 0.6 is 11.3 Å². The average Bonchev–Trinajstić information content (AvgIpc) is 3.30. The summed E-state index contributed by atoms with van der Waals surface area (Å²) < 4.78 is 46.4. The van der Waals surface area contributed by atoms with Gasteiger partial charge in [0.05, 0.1) is 0 Å². The smallest absolute Gasteiger partial charge is 0.252 e. The molecule has 1 saturated heterocycles. The number of sulfonamides is 1. The Labute approximate surface area is 188 Å². The van der Waals surface area contributed by atoms with Crippen LogP contribution < -0.4 is 5.32 Å². The molecule has 32 heavy (non-hydrogen) atoms. The molecule has 2 aromatic heterocycles. The lowest BCUT2D eigenvalue weighted by Crippen LogP contribution is -2.41. The quantitative estimate of drug-likeness (QED) is 0.579. The van der Waals surface area contributed by atoms with Crippen molar-refractivity contribution in [2.24, 2.45) is 5.92 Å². The van der Waals surface area contributed by atoms with Crippen LogP contribution in [0.4, 0.5) is 10.1 Å². The number of carbonyl (C=O) groups is 1. The summed E-state index contributed by atoms with van der Waals surface area (Å²) in [4.78, 5) is 16.9. The van der Waals surface area contributed by atoms with Crippen molar-refractivity contribution >= 4 is 33.0 Å². The first kappa shape index (κ1) is 21.2. The van der Waals surface area contributed by atoms with Gasteiger partial charge in [-0.3, -0.25) is 4.79 Å². The molecule has 1 N–H and O–H groups in total. The highest BCUT2D eigenvalue weighted by atomic mass is 32.2. The largest absolute Gasteiger partial charge is 0.339 e. The van der Waals surface area contributed by atoms with Crippen LogP contribution in [0, 0.1) is 11.7 Å². The van der Waals surface area contributed by atoms with E-state index in [1.807, 2.05) is 0 Å². The molecular formula is C21H21FN4O4S2. The standard InChI is InChI=1S/C21H21FN4O4S2/c22-16-2-1-3-17(11-16)23-20(27)13-6-8-26(9-7-13)32(28,29)18-10-15(12-31-18)19-24-21(30-25-19)14-4-5-14/h1-3,10-14H,4-9H2,(H,23,27). The van der Waals surface area contributed by atoms with Crippen LogP contribution in [0.2, 0.25) is 0 Å². The fraction of sp³-hybridized carbons (Fsp3) is 0.381. The lowest BCUT2D eigenvalue weighted by Gasteiger charge is -2.30. The van der Waals surface area contributed by atoms with Gasteiger partial charge in [-0.15, -0.1) is 11.3 Å². The minimum atomic E-state index is -3.68. The van der Waals surface area contributed by atoms with Crippen LogP contribution in [0.5, 0.6) is 0 Å². The van der Waals surface area contributed by atoms with Crippen LogP contribution in [0.1, 0.15) is 37.5 Å². The van der Waals surface area contributed by atoms with E-state index in [0.717, 1.165) is 24.2 Å². The van der Waals surface area contributed by atoms with E-state index in [-0.39, 0.29) is 29.1 Å². The molecule has 1 amide bonds. The molecule has 2 fully saturated rings. The van der Waals surface area contributed by atoms with Crippen molar-refractivity contribution in [3.63, 3.8) is 0 Å². The Morgan fingerprint density at radius 1 is 1.19 bits per heavy atom. The van der Waals surface area contributed by atoms with Crippen molar-refractivity contribution in [3.8, 4) is 11.4 Å². The maximum absolute atomic E-state index is 13.3. The van der Waals surface area contributed by atoms with Gasteiger partial charge in [-0.25, -0.2) is 12.8 Å². The summed E-state index contributed by atoms with van der Waals surface area (Å²) in [5.74, 6) is 0.353. The summed E-state index contributed by atoms with van der Waals surface area (Å²) in [5.41, 5.74) is 1.01. The molecule has 8 nitrogen and oxygen atoms in total. The van der Waals surface area contributed by atoms with Crippen molar-refractivity contribution in [2.45, 2.75) is 35.8 Å². The van der Waals surface area contributed by atoms with E-state index >= 15 is 0 Å². The maximum atomic E-state index is 13.3. The Hall–Kier alpha value is -2.63. The zero-order chi connectivity index (χ0) is 22.3. The van der Waals surface area contributed by atoms with Gasteiger partial charge in [0.2, 0.25) is 17.6 Å². The Morgan fingerprint density at radius 3 is 2.69 bits per heavy atom. The third kappa shape index (κ3) is 4.32. The fourth-order valence-electron chi connectivity index (χ4n) is 3.71. The van der Waals surface area contributed by atoms with Crippen molar-refractivity contribution in [1.29, 1.82) is 0 Å². The van der Waals surface area contributed by atoms with E-state index < -0.39 is 15.8 Å². The third-order valence-electron chi connectivity index (χ3n) is 5.71. The first-order valence-corrected chi connectivity index (χ1v) is 12.7. The summed E-state index contributed by atoms with van der Waals surface area (Å²) in [6.45, 7) is 0.482. The highest BCUT2D eigenvalue weighted by molar-refractivity contribution is 7.91. The lowest BCUT2D eigenvalue weighted by atomic mass is 9.97. The topological polar surface area (TPSA) is 105 Å². The Bertz CT molecular complexity index is 1240. The highest BCUT2D eigenvalue weighted by Gasteiger charge is 2.34. The fourth-order valence-corrected chi connectivity index (χ4v) is 6.49. The van der Waals surface area contributed by atoms with Gasteiger partial charge in [0.15, 0.2) is 0 Å². The Morgan fingerprint density at radius 2 is 1.97 bits per heavy atom. The molecule has 1 saturated carbocycles. The summed E-state index contributed by atoms with van der Waals surface area (Å²) in [6.07, 6.45) is 2.88. The van der Waals surface area contributed by atoms with Gasteiger partial charge in [0, 0.05) is 41.6 Å². The molecule has 3 aromatic rings. The number of amides is 1. The number of thiophene rings is 1. The van der Waals surface area contributed by atoms with Gasteiger partial charge in [0.1, 0.15) is 10.0 Å². The Kier molecular flexibility index (Phi) is 5.56. The molecule has 1 aliphatic heterocycles. The van der Waals surface area contributed by atoms with Gasteiger partial charge in [-0.2, -0.15) is 9.29 Å². The zero-order valence-corrected chi connectivity index (χ0v) is 18.7. The number of aromatic nitrogens is 2. The number of carbonyl (C=O) groups excluding carboxylic acids is 1. The third-order valence-corrected chi connectivity index (χ3v) is 9.03. The van der Waals surface area contributed by atoms with Gasteiger partial charge in [-0.05, 0) is 49.9 Å². The van der Waals surface area contributed by atoms with Crippen molar-refractivity contribution < 1.29 is 22.1 Å². The van der Waals surface area contributed by atoms with Gasteiger partial charge in [-0.1, -0.05) is 11.2 Å². The first-order valence-electron chi connectivity index (χ1n) is 10.4. The molecular weight excluding hydrogens is 455 g/mol. The van der Waals surface area contributed by atoms with Gasteiger partial charge < -0.3 is 9.84 Å². The van der Waals surface area contributed by atoms with Crippen molar-refractivity contribution in [2.75, 3.05) is 18.4 Å². The predicted molar refractivity (Wildman–Crippen MR) is 116 cm³/mol. The van der Waals surface area contributed by atoms with Crippen LogP contribution in [0.15, 0.2) is 44.4 Å². The summed E-state index contributed by atoms with van der Waals surface area (Å²) in [7, 11) is -3.68. The molecule has 0 bridgehead atoms.